The second-order valence-corrected chi connectivity index (χ2v) is 7.38. The predicted octanol–water partition coefficient (Wildman–Crippen LogP) is 0.187. The van der Waals surface area contributed by atoms with Gasteiger partial charge in [-0.1, -0.05) is 17.5 Å². The predicted molar refractivity (Wildman–Crippen MR) is 74.1 cm³/mol. The Bertz CT molecular complexity index is 792. The van der Waals surface area contributed by atoms with Crippen LogP contribution in [0.25, 0.3) is 11.2 Å². The van der Waals surface area contributed by atoms with Gasteiger partial charge < -0.3 is 14.6 Å². The van der Waals surface area contributed by atoms with E-state index in [9.17, 15) is 13.8 Å². The molecule has 13 heteroatoms. The van der Waals surface area contributed by atoms with Crippen LogP contribution in [-0.2, 0) is 13.8 Å². The lowest BCUT2D eigenvalue weighted by Crippen LogP contribution is -2.19. The van der Waals surface area contributed by atoms with Crippen LogP contribution in [0.15, 0.2) is 11.1 Å². The van der Waals surface area contributed by atoms with Crippen molar-refractivity contribution in [1.82, 2.24) is 25.0 Å². The highest BCUT2D eigenvalue weighted by molar-refractivity contribution is 8.44. The Hall–Kier alpha value is -1.33. The number of aromatic amines is 1. The molecule has 120 valence electrons. The van der Waals surface area contributed by atoms with Crippen LogP contribution in [0.1, 0.15) is 12.6 Å². The van der Waals surface area contributed by atoms with Gasteiger partial charge in [0, 0.05) is 6.42 Å². The second-order valence-electron chi connectivity index (χ2n) is 4.62. The number of alkyl halides is 1. The van der Waals surface area contributed by atoms with Gasteiger partial charge in [0.2, 0.25) is 0 Å². The average Bonchev–Trinajstić information content (AvgIpc) is 3.00. The fourth-order valence-corrected chi connectivity index (χ4v) is 2.71. The first kappa shape index (κ1) is 15.6. The Kier molecular flexibility index (Phi) is 4.03. The van der Waals surface area contributed by atoms with E-state index in [1.807, 2.05) is 0 Å². The molecule has 0 aliphatic carbocycles. The van der Waals surface area contributed by atoms with Crippen molar-refractivity contribution < 1.29 is 23.1 Å². The molecule has 0 radical (unpaired) electrons. The molecule has 4 atom stereocenters. The lowest BCUT2D eigenvalue weighted by atomic mass is 10.2. The fraction of sp³-hybridized carbons (Fsp3) is 0.556. The summed E-state index contributed by atoms with van der Waals surface area (Å²) in [6, 6.07) is 0. The summed E-state index contributed by atoms with van der Waals surface area (Å²) in [6.07, 6.45) is -2.28. The third-order valence-corrected chi connectivity index (χ3v) is 3.90. The summed E-state index contributed by atoms with van der Waals surface area (Å²) in [7, 11) is 0. The lowest BCUT2D eigenvalue weighted by Gasteiger charge is -2.14. The van der Waals surface area contributed by atoms with Crippen LogP contribution in [0.4, 0.5) is 4.39 Å². The topological polar surface area (TPSA) is 132 Å². The van der Waals surface area contributed by atoms with Gasteiger partial charge in [-0.2, -0.15) is 4.68 Å². The standard InChI is InChI=1S/C9H11FN5O5PS/c10-5-1-4(2-19-21(17,18)22)20-9(5)15-7-6(13-14-15)8(16)12-3-11-7/h3-5,9H,1-2H2,(H,11,12,16)(H2,17,18,22)/t4-,5?,9+/m0/s1. The maximum Gasteiger partial charge on any atom is 0.383 e. The minimum absolute atomic E-state index is 0.0341. The molecule has 1 aliphatic rings. The molecule has 2 aromatic rings. The van der Waals surface area contributed by atoms with Crippen LogP contribution >= 0.6 is 19.0 Å². The molecule has 0 saturated carbocycles. The number of halogens is 1. The molecule has 2 N–H and O–H groups in total. The number of thiol groups is 1. The van der Waals surface area contributed by atoms with Gasteiger partial charge in [0.25, 0.3) is 5.56 Å². The van der Waals surface area contributed by atoms with Crippen LogP contribution in [0.5, 0.6) is 0 Å². The first-order valence-electron chi connectivity index (χ1n) is 6.13. The number of nitrogens with one attached hydrogen (secondary N) is 1. The first-order chi connectivity index (χ1) is 10.3. The summed E-state index contributed by atoms with van der Waals surface area (Å²) in [6.45, 7) is -4.26. The normalized spacial score (nSPS) is 28.0. The molecule has 3 rings (SSSR count). The first-order valence-corrected chi connectivity index (χ1v) is 8.86. The molecule has 10 nitrogen and oxygen atoms in total. The maximum absolute atomic E-state index is 14.1. The van der Waals surface area contributed by atoms with Gasteiger partial charge in [-0.15, -0.1) is 5.10 Å². The Morgan fingerprint density at radius 2 is 2.45 bits per heavy atom. The van der Waals surface area contributed by atoms with Crippen molar-refractivity contribution in [3.63, 3.8) is 0 Å². The van der Waals surface area contributed by atoms with Gasteiger partial charge in [0.15, 0.2) is 17.4 Å². The van der Waals surface area contributed by atoms with E-state index in [0.29, 0.717) is 0 Å². The number of aromatic nitrogens is 5. The summed E-state index contributed by atoms with van der Waals surface area (Å²) >= 11 is 3.36. The van der Waals surface area contributed by atoms with E-state index in [1.165, 1.54) is 0 Å². The van der Waals surface area contributed by atoms with Crippen molar-refractivity contribution in [1.29, 1.82) is 0 Å². The number of H-pyrrole nitrogens is 1. The van der Waals surface area contributed by atoms with Crippen LogP contribution in [0.2, 0.25) is 0 Å². The van der Waals surface area contributed by atoms with Crippen molar-refractivity contribution in [2.45, 2.75) is 24.9 Å². The molecule has 22 heavy (non-hydrogen) atoms. The zero-order valence-electron chi connectivity index (χ0n) is 10.9. The van der Waals surface area contributed by atoms with E-state index in [0.717, 1.165) is 11.0 Å². The van der Waals surface area contributed by atoms with Crippen molar-refractivity contribution in [2.75, 3.05) is 6.61 Å². The lowest BCUT2D eigenvalue weighted by molar-refractivity contribution is -0.0389. The Balaban J connectivity index is 1.81. The SMILES string of the molecule is O=c1[nH]cnc2c1nnn2[C@@H]1O[C@H](COP(=O)(O)S)CC1F. The third-order valence-electron chi connectivity index (χ3n) is 3.07. The monoisotopic (exact) mass is 351 g/mol. The van der Waals surface area contributed by atoms with E-state index in [2.05, 4.69) is 37.1 Å². The molecular formula is C9H11FN5O5PS. The minimum atomic E-state index is -3.96. The second kappa shape index (κ2) is 5.70. The van der Waals surface area contributed by atoms with Crippen LogP contribution in [-0.4, -0.2) is 48.7 Å². The molecule has 2 unspecified atom stereocenters. The van der Waals surface area contributed by atoms with E-state index < -0.39 is 30.9 Å². The van der Waals surface area contributed by atoms with Crippen LogP contribution in [0.3, 0.4) is 0 Å². The highest BCUT2D eigenvalue weighted by Gasteiger charge is 2.39. The summed E-state index contributed by atoms with van der Waals surface area (Å²) in [4.78, 5) is 26.7. The number of rotatable bonds is 4. The van der Waals surface area contributed by atoms with Crippen LogP contribution in [0, 0.1) is 0 Å². The number of ether oxygens (including phenoxy) is 1. The molecule has 0 spiro atoms. The summed E-state index contributed by atoms with van der Waals surface area (Å²) in [5.74, 6) is 0. The van der Waals surface area contributed by atoms with Gasteiger partial charge in [-0.05, 0) is 0 Å². The summed E-state index contributed by atoms with van der Waals surface area (Å²) in [5.41, 5.74) is -0.450. The quantitative estimate of drug-likeness (QED) is 0.525. The summed E-state index contributed by atoms with van der Waals surface area (Å²) in [5, 5.41) is 7.33. The molecule has 3 heterocycles. The smallest absolute Gasteiger partial charge is 0.347 e. The zero-order valence-corrected chi connectivity index (χ0v) is 12.7. The molecule has 0 amide bonds. The van der Waals surface area contributed by atoms with E-state index in [1.54, 1.807) is 0 Å². The number of hydrogen-bond acceptors (Lipinski definition) is 7. The van der Waals surface area contributed by atoms with Gasteiger partial charge in [0.1, 0.15) is 6.17 Å². The van der Waals surface area contributed by atoms with E-state index in [-0.39, 0.29) is 24.2 Å². The largest absolute Gasteiger partial charge is 0.383 e. The van der Waals surface area contributed by atoms with Gasteiger partial charge in [-0.25, -0.2) is 13.9 Å². The van der Waals surface area contributed by atoms with Crippen molar-refractivity contribution in [3.8, 4) is 0 Å². The minimum Gasteiger partial charge on any atom is -0.347 e. The maximum atomic E-state index is 14.1. The van der Waals surface area contributed by atoms with Gasteiger partial charge >= 0.3 is 6.80 Å². The number of nitrogens with zero attached hydrogens (tertiary/aromatic N) is 4. The number of fused-ring (bicyclic) bond motifs is 1. The third kappa shape index (κ3) is 3.06. The molecular weight excluding hydrogens is 340 g/mol. The Labute approximate surface area is 127 Å². The highest BCUT2D eigenvalue weighted by Crippen LogP contribution is 2.47. The van der Waals surface area contributed by atoms with E-state index in [4.69, 9.17) is 9.63 Å². The molecule has 0 bridgehead atoms. The molecule has 2 aromatic heterocycles. The zero-order chi connectivity index (χ0) is 15.9. The Morgan fingerprint density at radius 3 is 3.18 bits per heavy atom. The van der Waals surface area contributed by atoms with Crippen molar-refractivity contribution in [2.24, 2.45) is 0 Å². The van der Waals surface area contributed by atoms with Gasteiger partial charge in [-0.3, -0.25) is 9.32 Å². The molecule has 0 aromatic carbocycles. The molecule has 1 aliphatic heterocycles. The number of hydrogen-bond donors (Lipinski definition) is 3. The van der Waals surface area contributed by atoms with Crippen molar-refractivity contribution >= 4 is 30.2 Å². The highest BCUT2D eigenvalue weighted by atomic mass is 32.7. The van der Waals surface area contributed by atoms with Crippen molar-refractivity contribution in [3.05, 3.63) is 16.7 Å². The van der Waals surface area contributed by atoms with E-state index >= 15 is 0 Å². The molecule has 1 fully saturated rings. The van der Waals surface area contributed by atoms with Gasteiger partial charge in [0.05, 0.1) is 19.0 Å². The average molecular weight is 351 g/mol. The fourth-order valence-electron chi connectivity index (χ4n) is 2.15. The van der Waals surface area contributed by atoms with Crippen LogP contribution < -0.4 is 5.56 Å². The molecule has 1 saturated heterocycles. The summed E-state index contributed by atoms with van der Waals surface area (Å²) < 4.78 is 36.1. The Morgan fingerprint density at radius 1 is 1.68 bits per heavy atom.